The SMILES string of the molecule is CCc1ccc(S(=O)(=O)N2CCCC(C(=O)c3sccc3C)C2)cc1. The third kappa shape index (κ3) is 3.71. The summed E-state index contributed by atoms with van der Waals surface area (Å²) in [6, 6.07) is 8.99. The Labute approximate surface area is 153 Å². The molecule has 0 bridgehead atoms. The van der Waals surface area contributed by atoms with Crippen LogP contribution in [0.1, 0.15) is 40.6 Å². The first kappa shape index (κ1) is 18.3. The lowest BCUT2D eigenvalue weighted by Crippen LogP contribution is -2.42. The zero-order chi connectivity index (χ0) is 18.0. The van der Waals surface area contributed by atoms with Crippen LogP contribution in [0.2, 0.25) is 0 Å². The van der Waals surface area contributed by atoms with Crippen molar-refractivity contribution in [1.29, 1.82) is 0 Å². The smallest absolute Gasteiger partial charge is 0.243 e. The molecule has 0 spiro atoms. The number of hydrogen-bond donors (Lipinski definition) is 0. The maximum Gasteiger partial charge on any atom is 0.243 e. The first-order valence-corrected chi connectivity index (χ1v) is 10.9. The molecular formula is C19H23NO3S2. The molecule has 3 rings (SSSR count). The van der Waals surface area contributed by atoms with E-state index in [0.717, 1.165) is 28.8 Å². The van der Waals surface area contributed by atoms with E-state index in [1.54, 1.807) is 12.1 Å². The van der Waals surface area contributed by atoms with E-state index in [1.807, 2.05) is 37.4 Å². The molecule has 4 nitrogen and oxygen atoms in total. The molecule has 1 saturated heterocycles. The van der Waals surface area contributed by atoms with Crippen LogP contribution in [0.3, 0.4) is 0 Å². The lowest BCUT2D eigenvalue weighted by molar-refractivity contribution is 0.0876. The van der Waals surface area contributed by atoms with E-state index in [0.29, 0.717) is 17.9 Å². The van der Waals surface area contributed by atoms with Gasteiger partial charge in [-0.2, -0.15) is 4.31 Å². The molecule has 1 atom stereocenters. The van der Waals surface area contributed by atoms with Crippen molar-refractivity contribution in [2.24, 2.45) is 5.92 Å². The van der Waals surface area contributed by atoms with Gasteiger partial charge in [0, 0.05) is 19.0 Å². The van der Waals surface area contributed by atoms with Gasteiger partial charge in [0.1, 0.15) is 0 Å². The number of carbonyl (C=O) groups is 1. The maximum atomic E-state index is 12.9. The maximum absolute atomic E-state index is 12.9. The van der Waals surface area contributed by atoms with E-state index < -0.39 is 10.0 Å². The van der Waals surface area contributed by atoms with Gasteiger partial charge in [0.15, 0.2) is 5.78 Å². The molecule has 0 N–H and O–H groups in total. The Morgan fingerprint density at radius 2 is 1.96 bits per heavy atom. The molecule has 0 aliphatic carbocycles. The third-order valence-corrected chi connectivity index (χ3v) is 7.72. The normalized spacial score (nSPS) is 19.0. The number of ketones is 1. The molecule has 134 valence electrons. The molecule has 0 amide bonds. The van der Waals surface area contributed by atoms with Crippen LogP contribution < -0.4 is 0 Å². The monoisotopic (exact) mass is 377 g/mol. The van der Waals surface area contributed by atoms with Crippen molar-refractivity contribution in [3.63, 3.8) is 0 Å². The summed E-state index contributed by atoms with van der Waals surface area (Å²) in [4.78, 5) is 13.8. The lowest BCUT2D eigenvalue weighted by atomic mass is 9.93. The van der Waals surface area contributed by atoms with E-state index in [-0.39, 0.29) is 18.2 Å². The first-order valence-electron chi connectivity index (χ1n) is 8.61. The number of hydrogen-bond acceptors (Lipinski definition) is 4. The molecule has 0 radical (unpaired) electrons. The molecule has 6 heteroatoms. The topological polar surface area (TPSA) is 54.5 Å². The van der Waals surface area contributed by atoms with Crippen LogP contribution >= 0.6 is 11.3 Å². The summed E-state index contributed by atoms with van der Waals surface area (Å²) < 4.78 is 27.3. The highest BCUT2D eigenvalue weighted by atomic mass is 32.2. The molecule has 1 aliphatic rings. The summed E-state index contributed by atoms with van der Waals surface area (Å²) in [5.74, 6) is -0.176. The molecule has 1 fully saturated rings. The number of rotatable bonds is 5. The number of thiophene rings is 1. The summed E-state index contributed by atoms with van der Waals surface area (Å²) in [7, 11) is -3.55. The van der Waals surface area contributed by atoms with Gasteiger partial charge in [0.05, 0.1) is 9.77 Å². The average Bonchev–Trinajstić information content (AvgIpc) is 3.07. The summed E-state index contributed by atoms with van der Waals surface area (Å²) in [5.41, 5.74) is 2.09. The van der Waals surface area contributed by atoms with Crippen molar-refractivity contribution in [2.45, 2.75) is 38.0 Å². The standard InChI is InChI=1S/C19H23NO3S2/c1-3-15-6-8-17(9-7-15)25(22,23)20-11-4-5-16(13-20)18(21)19-14(2)10-12-24-19/h6-10,12,16H,3-5,11,13H2,1-2H3. The zero-order valence-electron chi connectivity index (χ0n) is 14.6. The predicted molar refractivity (Wildman–Crippen MR) is 101 cm³/mol. The van der Waals surface area contributed by atoms with E-state index in [1.165, 1.54) is 15.6 Å². The van der Waals surface area contributed by atoms with Crippen LogP contribution in [0.4, 0.5) is 0 Å². The van der Waals surface area contributed by atoms with Crippen molar-refractivity contribution < 1.29 is 13.2 Å². The molecule has 1 unspecified atom stereocenters. The van der Waals surface area contributed by atoms with Gasteiger partial charge in [0.25, 0.3) is 0 Å². The molecule has 1 aromatic carbocycles. The second kappa shape index (κ2) is 7.40. The van der Waals surface area contributed by atoms with Crippen molar-refractivity contribution in [1.82, 2.24) is 4.31 Å². The minimum Gasteiger partial charge on any atom is -0.293 e. The second-order valence-electron chi connectivity index (χ2n) is 6.50. The Bertz CT molecular complexity index is 853. The summed E-state index contributed by atoms with van der Waals surface area (Å²) in [5, 5.41) is 1.91. The summed E-state index contributed by atoms with van der Waals surface area (Å²) in [6.45, 7) is 4.71. The first-order chi connectivity index (χ1) is 11.9. The number of Topliss-reactive ketones (excluding diaryl/α,β-unsaturated/α-hetero) is 1. The minimum absolute atomic E-state index is 0.0775. The van der Waals surface area contributed by atoms with E-state index in [2.05, 4.69) is 0 Å². The molecule has 2 heterocycles. The average molecular weight is 378 g/mol. The van der Waals surface area contributed by atoms with E-state index >= 15 is 0 Å². The third-order valence-electron chi connectivity index (χ3n) is 4.81. The highest BCUT2D eigenvalue weighted by Gasteiger charge is 2.34. The molecule has 25 heavy (non-hydrogen) atoms. The van der Waals surface area contributed by atoms with Crippen LogP contribution in [0.25, 0.3) is 0 Å². The van der Waals surface area contributed by atoms with Gasteiger partial charge < -0.3 is 0 Å². The number of sulfonamides is 1. The Kier molecular flexibility index (Phi) is 5.41. The fourth-order valence-electron chi connectivity index (χ4n) is 3.23. The summed E-state index contributed by atoms with van der Waals surface area (Å²) >= 11 is 1.44. The minimum atomic E-state index is -3.55. The Hall–Kier alpha value is -1.50. The van der Waals surface area contributed by atoms with E-state index in [9.17, 15) is 13.2 Å². The van der Waals surface area contributed by atoms with Gasteiger partial charge in [-0.1, -0.05) is 19.1 Å². The molecule has 1 aromatic heterocycles. The molecule has 2 aromatic rings. The van der Waals surface area contributed by atoms with Gasteiger partial charge in [-0.05, 0) is 60.9 Å². The Morgan fingerprint density at radius 3 is 2.56 bits per heavy atom. The highest BCUT2D eigenvalue weighted by molar-refractivity contribution is 7.89. The predicted octanol–water partition coefficient (Wildman–Crippen LogP) is 3.90. The largest absolute Gasteiger partial charge is 0.293 e. The Balaban J connectivity index is 1.80. The number of aryl methyl sites for hydroxylation is 2. The van der Waals surface area contributed by atoms with Crippen LogP contribution in [0.15, 0.2) is 40.6 Å². The van der Waals surface area contributed by atoms with Crippen LogP contribution in [0.5, 0.6) is 0 Å². The number of nitrogens with zero attached hydrogens (tertiary/aromatic N) is 1. The zero-order valence-corrected chi connectivity index (χ0v) is 16.2. The molecule has 0 saturated carbocycles. The fraction of sp³-hybridized carbons (Fsp3) is 0.421. The quantitative estimate of drug-likeness (QED) is 0.743. The second-order valence-corrected chi connectivity index (χ2v) is 9.35. The highest BCUT2D eigenvalue weighted by Crippen LogP contribution is 2.28. The van der Waals surface area contributed by atoms with E-state index in [4.69, 9.17) is 0 Å². The van der Waals surface area contributed by atoms with Crippen molar-refractivity contribution in [3.8, 4) is 0 Å². The van der Waals surface area contributed by atoms with Crippen molar-refractivity contribution in [2.75, 3.05) is 13.1 Å². The van der Waals surface area contributed by atoms with Gasteiger partial charge in [-0.25, -0.2) is 8.42 Å². The lowest BCUT2D eigenvalue weighted by Gasteiger charge is -2.31. The molecular weight excluding hydrogens is 354 g/mol. The van der Waals surface area contributed by atoms with Crippen molar-refractivity contribution in [3.05, 3.63) is 51.7 Å². The van der Waals surface area contributed by atoms with Crippen LogP contribution in [-0.4, -0.2) is 31.6 Å². The van der Waals surface area contributed by atoms with Gasteiger partial charge in [0.2, 0.25) is 10.0 Å². The Morgan fingerprint density at radius 1 is 1.24 bits per heavy atom. The van der Waals surface area contributed by atoms with Crippen molar-refractivity contribution >= 4 is 27.1 Å². The van der Waals surface area contributed by atoms with Gasteiger partial charge >= 0.3 is 0 Å². The van der Waals surface area contributed by atoms with Crippen LogP contribution in [0, 0.1) is 12.8 Å². The summed E-state index contributed by atoms with van der Waals surface area (Å²) in [6.07, 6.45) is 2.34. The molecule has 1 aliphatic heterocycles. The van der Waals surface area contributed by atoms with Gasteiger partial charge in [-0.3, -0.25) is 4.79 Å². The number of piperidine rings is 1. The number of benzene rings is 1. The number of carbonyl (C=O) groups excluding carboxylic acids is 1. The fourth-order valence-corrected chi connectivity index (χ4v) is 5.70. The van der Waals surface area contributed by atoms with Crippen LogP contribution in [-0.2, 0) is 16.4 Å². The van der Waals surface area contributed by atoms with Gasteiger partial charge in [-0.15, -0.1) is 11.3 Å².